The fourth-order valence-electron chi connectivity index (χ4n) is 3.37. The number of likely N-dealkylation sites (N-methyl/N-ethyl adjacent to an activating group) is 1. The SMILES string of the molecule is C=C(CN(C)CC(=C)C(=O)c1ccc(C)cc1C)C(=O)c1ccc(C)cc1C. The molecule has 146 valence electrons. The van der Waals surface area contributed by atoms with Gasteiger partial charge in [0.1, 0.15) is 0 Å². The highest BCUT2D eigenvalue weighted by Gasteiger charge is 2.18. The van der Waals surface area contributed by atoms with Crippen molar-refractivity contribution in [3.8, 4) is 0 Å². The number of hydrogen-bond acceptors (Lipinski definition) is 3. The van der Waals surface area contributed by atoms with Gasteiger partial charge in [0, 0.05) is 35.4 Å². The number of ketones is 2. The molecule has 0 fully saturated rings. The average molecular weight is 376 g/mol. The molecular formula is C25H29NO2. The molecule has 0 amide bonds. The number of hydrogen-bond donors (Lipinski definition) is 0. The third-order valence-electron chi connectivity index (χ3n) is 4.82. The Labute approximate surface area is 168 Å². The van der Waals surface area contributed by atoms with Crippen LogP contribution in [0.5, 0.6) is 0 Å². The highest BCUT2D eigenvalue weighted by atomic mass is 16.1. The molecule has 2 rings (SSSR count). The lowest BCUT2D eigenvalue weighted by atomic mass is 9.97. The second-order valence-corrected chi connectivity index (χ2v) is 7.67. The van der Waals surface area contributed by atoms with Crippen LogP contribution in [-0.2, 0) is 0 Å². The third kappa shape index (κ3) is 5.14. The Hall–Kier alpha value is -2.78. The van der Waals surface area contributed by atoms with E-state index in [0.29, 0.717) is 35.4 Å². The molecular weight excluding hydrogens is 346 g/mol. The van der Waals surface area contributed by atoms with E-state index in [2.05, 4.69) is 13.2 Å². The lowest BCUT2D eigenvalue weighted by molar-refractivity contribution is 0.102. The Morgan fingerprint density at radius 3 is 1.43 bits per heavy atom. The molecule has 3 heteroatoms. The Morgan fingerprint density at radius 2 is 1.11 bits per heavy atom. The van der Waals surface area contributed by atoms with E-state index < -0.39 is 0 Å². The van der Waals surface area contributed by atoms with Crippen LogP contribution in [0.1, 0.15) is 43.0 Å². The lowest BCUT2D eigenvalue weighted by Crippen LogP contribution is -2.28. The van der Waals surface area contributed by atoms with Gasteiger partial charge < -0.3 is 0 Å². The van der Waals surface area contributed by atoms with E-state index in [-0.39, 0.29) is 11.6 Å². The van der Waals surface area contributed by atoms with Gasteiger partial charge in [-0.3, -0.25) is 14.5 Å². The van der Waals surface area contributed by atoms with Crippen molar-refractivity contribution in [1.29, 1.82) is 0 Å². The molecule has 0 heterocycles. The summed E-state index contributed by atoms with van der Waals surface area (Å²) in [7, 11) is 1.86. The van der Waals surface area contributed by atoms with Crippen LogP contribution in [0, 0.1) is 27.7 Å². The standard InChI is InChI=1S/C25H29NO2/c1-16-8-10-22(18(3)12-16)24(27)20(5)14-26(7)15-21(6)25(28)23-11-9-17(2)13-19(23)4/h8-13H,5-6,14-15H2,1-4,7H3. The minimum atomic E-state index is -0.0596. The van der Waals surface area contributed by atoms with Gasteiger partial charge in [0.15, 0.2) is 11.6 Å². The number of carbonyl (C=O) groups is 2. The average Bonchev–Trinajstić information content (AvgIpc) is 2.60. The van der Waals surface area contributed by atoms with E-state index in [9.17, 15) is 9.59 Å². The predicted octanol–water partition coefficient (Wildman–Crippen LogP) is 5.03. The second-order valence-electron chi connectivity index (χ2n) is 7.67. The van der Waals surface area contributed by atoms with Crippen molar-refractivity contribution >= 4 is 11.6 Å². The Kier molecular flexibility index (Phi) is 6.87. The molecule has 0 bridgehead atoms. The summed E-state index contributed by atoms with van der Waals surface area (Å²) in [6.45, 7) is 16.6. The van der Waals surface area contributed by atoms with Crippen LogP contribution < -0.4 is 0 Å². The zero-order valence-electron chi connectivity index (χ0n) is 17.6. The fraction of sp³-hybridized carbons (Fsp3) is 0.280. The van der Waals surface area contributed by atoms with Gasteiger partial charge >= 0.3 is 0 Å². The van der Waals surface area contributed by atoms with Crippen LogP contribution in [0.15, 0.2) is 60.7 Å². The van der Waals surface area contributed by atoms with Gasteiger partial charge in [-0.25, -0.2) is 0 Å². The summed E-state index contributed by atoms with van der Waals surface area (Å²) in [4.78, 5) is 27.3. The van der Waals surface area contributed by atoms with Crippen LogP contribution in [0.2, 0.25) is 0 Å². The zero-order valence-corrected chi connectivity index (χ0v) is 17.6. The molecule has 0 N–H and O–H groups in total. The van der Waals surface area contributed by atoms with Crippen LogP contribution in [0.3, 0.4) is 0 Å². The highest BCUT2D eigenvalue weighted by molar-refractivity contribution is 6.10. The largest absolute Gasteiger partial charge is 0.298 e. The van der Waals surface area contributed by atoms with Gasteiger partial charge in [-0.1, -0.05) is 60.7 Å². The molecule has 0 unspecified atom stereocenters. The fourth-order valence-corrected chi connectivity index (χ4v) is 3.37. The van der Waals surface area contributed by atoms with Crippen LogP contribution in [0.4, 0.5) is 0 Å². The van der Waals surface area contributed by atoms with E-state index in [0.717, 1.165) is 22.3 Å². The van der Waals surface area contributed by atoms with Crippen LogP contribution in [-0.4, -0.2) is 36.6 Å². The maximum atomic E-state index is 12.7. The van der Waals surface area contributed by atoms with Crippen molar-refractivity contribution in [2.75, 3.05) is 20.1 Å². The minimum absolute atomic E-state index is 0.0596. The predicted molar refractivity (Wildman–Crippen MR) is 116 cm³/mol. The molecule has 0 aliphatic carbocycles. The minimum Gasteiger partial charge on any atom is -0.298 e. The Morgan fingerprint density at radius 1 is 0.750 bits per heavy atom. The molecule has 0 atom stereocenters. The number of rotatable bonds is 8. The summed E-state index contributed by atoms with van der Waals surface area (Å²) in [5.74, 6) is -0.119. The zero-order chi connectivity index (χ0) is 21.0. The van der Waals surface area contributed by atoms with Crippen molar-refractivity contribution in [2.45, 2.75) is 27.7 Å². The molecule has 0 spiro atoms. The van der Waals surface area contributed by atoms with E-state index >= 15 is 0 Å². The molecule has 0 aliphatic rings. The van der Waals surface area contributed by atoms with E-state index in [4.69, 9.17) is 0 Å². The maximum absolute atomic E-state index is 12.7. The molecule has 2 aromatic rings. The van der Waals surface area contributed by atoms with Crippen LogP contribution in [0.25, 0.3) is 0 Å². The molecule has 2 aromatic carbocycles. The number of carbonyl (C=O) groups excluding carboxylic acids is 2. The van der Waals surface area contributed by atoms with Gasteiger partial charge in [-0.05, 0) is 45.9 Å². The van der Waals surface area contributed by atoms with Crippen molar-refractivity contribution in [3.05, 3.63) is 94.1 Å². The summed E-state index contributed by atoms with van der Waals surface area (Å²) in [6.07, 6.45) is 0. The molecule has 0 radical (unpaired) electrons. The van der Waals surface area contributed by atoms with Gasteiger partial charge in [0.25, 0.3) is 0 Å². The summed E-state index contributed by atoms with van der Waals surface area (Å²) in [6, 6.07) is 11.5. The summed E-state index contributed by atoms with van der Waals surface area (Å²) >= 11 is 0. The van der Waals surface area contributed by atoms with Gasteiger partial charge in [0.2, 0.25) is 0 Å². The first-order valence-electron chi connectivity index (χ1n) is 9.38. The second kappa shape index (κ2) is 8.94. The molecule has 0 aliphatic heterocycles. The summed E-state index contributed by atoms with van der Waals surface area (Å²) < 4.78 is 0. The van der Waals surface area contributed by atoms with E-state index in [1.807, 2.05) is 76.0 Å². The third-order valence-corrected chi connectivity index (χ3v) is 4.82. The van der Waals surface area contributed by atoms with E-state index in [1.165, 1.54) is 0 Å². The van der Waals surface area contributed by atoms with Crippen molar-refractivity contribution in [2.24, 2.45) is 0 Å². The van der Waals surface area contributed by atoms with Crippen LogP contribution >= 0.6 is 0 Å². The lowest BCUT2D eigenvalue weighted by Gasteiger charge is -2.19. The maximum Gasteiger partial charge on any atom is 0.189 e. The smallest absolute Gasteiger partial charge is 0.189 e. The molecule has 3 nitrogen and oxygen atoms in total. The Bertz CT molecular complexity index is 876. The number of benzene rings is 2. The Balaban J connectivity index is 2.01. The normalized spacial score (nSPS) is 10.8. The van der Waals surface area contributed by atoms with Gasteiger partial charge in [-0.15, -0.1) is 0 Å². The first-order chi connectivity index (χ1) is 13.1. The van der Waals surface area contributed by atoms with Crippen molar-refractivity contribution in [3.63, 3.8) is 0 Å². The topological polar surface area (TPSA) is 37.4 Å². The molecule has 0 saturated heterocycles. The van der Waals surface area contributed by atoms with Gasteiger partial charge in [-0.2, -0.15) is 0 Å². The monoisotopic (exact) mass is 375 g/mol. The first-order valence-corrected chi connectivity index (χ1v) is 9.38. The number of aryl methyl sites for hydroxylation is 4. The number of Topliss-reactive ketones (excluding diaryl/α,β-unsaturated/α-hetero) is 2. The number of nitrogens with zero attached hydrogens (tertiary/aromatic N) is 1. The highest BCUT2D eigenvalue weighted by Crippen LogP contribution is 2.17. The van der Waals surface area contributed by atoms with E-state index in [1.54, 1.807) is 0 Å². The summed E-state index contributed by atoms with van der Waals surface area (Å²) in [5, 5.41) is 0. The first kappa shape index (κ1) is 21.5. The van der Waals surface area contributed by atoms with Crippen molar-refractivity contribution in [1.82, 2.24) is 4.90 Å². The van der Waals surface area contributed by atoms with Gasteiger partial charge in [0.05, 0.1) is 0 Å². The van der Waals surface area contributed by atoms with Crippen molar-refractivity contribution < 1.29 is 9.59 Å². The molecule has 0 saturated carbocycles. The quantitative estimate of drug-likeness (QED) is 0.480. The summed E-state index contributed by atoms with van der Waals surface area (Å²) in [5.41, 5.74) is 6.49. The molecule has 28 heavy (non-hydrogen) atoms. The molecule has 0 aromatic heterocycles.